The Kier molecular flexibility index (Phi) is 4.05. The highest BCUT2D eigenvalue weighted by molar-refractivity contribution is 5.64. The average molecular weight is 291 g/mol. The van der Waals surface area contributed by atoms with Gasteiger partial charge in [-0.2, -0.15) is 0 Å². The van der Waals surface area contributed by atoms with Crippen LogP contribution in [0.2, 0.25) is 0 Å². The first-order chi connectivity index (χ1) is 10.8. The highest BCUT2D eigenvalue weighted by Crippen LogP contribution is 2.24. The van der Waals surface area contributed by atoms with Crippen molar-refractivity contribution in [3.63, 3.8) is 0 Å². The molecule has 0 unspecified atom stereocenters. The van der Waals surface area contributed by atoms with Gasteiger partial charge in [0.1, 0.15) is 5.76 Å². The predicted molar refractivity (Wildman–Crippen MR) is 89.2 cm³/mol. The summed E-state index contributed by atoms with van der Waals surface area (Å²) in [6, 6.07) is 21.4. The zero-order valence-electron chi connectivity index (χ0n) is 12.4. The third kappa shape index (κ3) is 2.93. The molecule has 0 aliphatic carbocycles. The van der Waals surface area contributed by atoms with Gasteiger partial charge in [-0.05, 0) is 5.56 Å². The number of hydrogen-bond donors (Lipinski definition) is 1. The van der Waals surface area contributed by atoms with Crippen LogP contribution in [0.1, 0.15) is 11.1 Å². The molecule has 0 aliphatic heterocycles. The molecule has 1 aromatic heterocycles. The molecule has 0 saturated carbocycles. The Bertz CT molecular complexity index is 808. The van der Waals surface area contributed by atoms with Crippen LogP contribution < -0.4 is 10.9 Å². The molecule has 2 aromatic carbocycles. The fraction of sp³-hybridized carbons (Fsp3) is 0.105. The molecule has 0 amide bonds. The standard InChI is InChI=1S/C19H17NO2/c1-20-17-13-18(15-10-6-3-7-11-15)22-19(21)16(17)12-14-8-4-2-5-9-14/h2-11,13,20H,12H2,1H3. The third-order valence-corrected chi connectivity index (χ3v) is 3.60. The molecule has 0 aliphatic rings. The van der Waals surface area contributed by atoms with E-state index in [2.05, 4.69) is 5.32 Å². The van der Waals surface area contributed by atoms with Gasteiger partial charge in [0.2, 0.25) is 0 Å². The van der Waals surface area contributed by atoms with E-state index in [-0.39, 0.29) is 5.63 Å². The van der Waals surface area contributed by atoms with E-state index in [0.29, 0.717) is 17.7 Å². The molecule has 1 N–H and O–H groups in total. The molecule has 0 atom stereocenters. The van der Waals surface area contributed by atoms with Crippen molar-refractivity contribution in [1.82, 2.24) is 0 Å². The molecule has 0 spiro atoms. The lowest BCUT2D eigenvalue weighted by molar-refractivity contribution is 0.519. The van der Waals surface area contributed by atoms with E-state index in [9.17, 15) is 4.79 Å². The Labute approximate surface area is 129 Å². The van der Waals surface area contributed by atoms with Gasteiger partial charge in [-0.15, -0.1) is 0 Å². The Morgan fingerprint density at radius 3 is 2.23 bits per heavy atom. The summed E-state index contributed by atoms with van der Waals surface area (Å²) in [5, 5.41) is 3.11. The van der Waals surface area contributed by atoms with E-state index in [1.807, 2.05) is 73.8 Å². The minimum atomic E-state index is -0.297. The van der Waals surface area contributed by atoms with Gasteiger partial charge in [0.15, 0.2) is 0 Å². The first-order valence-electron chi connectivity index (χ1n) is 7.22. The lowest BCUT2D eigenvalue weighted by Gasteiger charge is -2.10. The molecule has 22 heavy (non-hydrogen) atoms. The highest BCUT2D eigenvalue weighted by Gasteiger charge is 2.12. The SMILES string of the molecule is CNc1cc(-c2ccccc2)oc(=O)c1Cc1ccccc1. The largest absolute Gasteiger partial charge is 0.422 e. The zero-order chi connectivity index (χ0) is 15.4. The van der Waals surface area contributed by atoms with Crippen LogP contribution >= 0.6 is 0 Å². The van der Waals surface area contributed by atoms with Crippen molar-refractivity contribution in [3.05, 3.63) is 88.3 Å². The minimum Gasteiger partial charge on any atom is -0.422 e. The Balaban J connectivity index is 2.04. The van der Waals surface area contributed by atoms with Crippen LogP contribution in [0, 0.1) is 0 Å². The topological polar surface area (TPSA) is 42.2 Å². The second-order valence-electron chi connectivity index (χ2n) is 5.07. The molecule has 0 bridgehead atoms. The second kappa shape index (κ2) is 6.31. The summed E-state index contributed by atoms with van der Waals surface area (Å²) in [6.45, 7) is 0. The number of benzene rings is 2. The van der Waals surface area contributed by atoms with Crippen molar-refractivity contribution in [3.8, 4) is 11.3 Å². The highest BCUT2D eigenvalue weighted by atomic mass is 16.4. The van der Waals surface area contributed by atoms with Crippen LogP contribution in [0.4, 0.5) is 5.69 Å². The molecule has 3 heteroatoms. The molecule has 3 rings (SSSR count). The second-order valence-corrected chi connectivity index (χ2v) is 5.07. The van der Waals surface area contributed by atoms with Gasteiger partial charge in [0.25, 0.3) is 0 Å². The lowest BCUT2D eigenvalue weighted by atomic mass is 10.0. The van der Waals surface area contributed by atoms with Crippen LogP contribution in [0.3, 0.4) is 0 Å². The summed E-state index contributed by atoms with van der Waals surface area (Å²) in [5.41, 5.74) is 3.13. The first-order valence-corrected chi connectivity index (χ1v) is 7.22. The van der Waals surface area contributed by atoms with E-state index in [1.165, 1.54) is 0 Å². The molecule has 1 heterocycles. The maximum absolute atomic E-state index is 12.4. The van der Waals surface area contributed by atoms with Crippen molar-refractivity contribution in [1.29, 1.82) is 0 Å². The minimum absolute atomic E-state index is 0.297. The Morgan fingerprint density at radius 2 is 1.59 bits per heavy atom. The van der Waals surface area contributed by atoms with Crippen molar-refractivity contribution >= 4 is 5.69 Å². The van der Waals surface area contributed by atoms with Crippen LogP contribution in [-0.4, -0.2) is 7.05 Å². The lowest BCUT2D eigenvalue weighted by Crippen LogP contribution is -2.12. The summed E-state index contributed by atoms with van der Waals surface area (Å²) < 4.78 is 5.51. The maximum atomic E-state index is 12.4. The maximum Gasteiger partial charge on any atom is 0.341 e. The van der Waals surface area contributed by atoms with Crippen molar-refractivity contribution in [2.75, 3.05) is 12.4 Å². The van der Waals surface area contributed by atoms with Crippen molar-refractivity contribution in [2.45, 2.75) is 6.42 Å². The molecular weight excluding hydrogens is 274 g/mol. The van der Waals surface area contributed by atoms with E-state index < -0.39 is 0 Å². The summed E-state index contributed by atoms with van der Waals surface area (Å²) in [6.07, 6.45) is 0.550. The summed E-state index contributed by atoms with van der Waals surface area (Å²) in [4.78, 5) is 12.4. The number of rotatable bonds is 4. The monoisotopic (exact) mass is 291 g/mol. The van der Waals surface area contributed by atoms with Gasteiger partial charge in [0, 0.05) is 30.8 Å². The first kappa shape index (κ1) is 14.1. The van der Waals surface area contributed by atoms with E-state index in [0.717, 1.165) is 16.8 Å². The molecule has 0 saturated heterocycles. The van der Waals surface area contributed by atoms with E-state index in [4.69, 9.17) is 4.42 Å². The van der Waals surface area contributed by atoms with Crippen LogP contribution in [0.5, 0.6) is 0 Å². The smallest absolute Gasteiger partial charge is 0.341 e. The van der Waals surface area contributed by atoms with Crippen LogP contribution in [0.15, 0.2) is 75.9 Å². The van der Waals surface area contributed by atoms with Crippen LogP contribution in [-0.2, 0) is 6.42 Å². The summed E-state index contributed by atoms with van der Waals surface area (Å²) >= 11 is 0. The molecule has 0 fully saturated rings. The van der Waals surface area contributed by atoms with Gasteiger partial charge in [-0.3, -0.25) is 0 Å². The molecule has 0 radical (unpaired) electrons. The van der Waals surface area contributed by atoms with E-state index >= 15 is 0 Å². The number of hydrogen-bond acceptors (Lipinski definition) is 3. The van der Waals surface area contributed by atoms with Gasteiger partial charge in [0.05, 0.1) is 5.56 Å². The number of anilines is 1. The fourth-order valence-electron chi connectivity index (χ4n) is 2.45. The molecule has 110 valence electrons. The van der Waals surface area contributed by atoms with Gasteiger partial charge < -0.3 is 9.73 Å². The van der Waals surface area contributed by atoms with Crippen LogP contribution in [0.25, 0.3) is 11.3 Å². The van der Waals surface area contributed by atoms with Gasteiger partial charge >= 0.3 is 5.63 Å². The predicted octanol–water partition coefficient (Wildman–Crippen LogP) is 3.94. The quantitative estimate of drug-likeness (QED) is 0.791. The average Bonchev–Trinajstić information content (AvgIpc) is 2.58. The Hall–Kier alpha value is -2.81. The molecule has 3 aromatic rings. The summed E-state index contributed by atoms with van der Waals surface area (Å²) in [7, 11) is 1.82. The van der Waals surface area contributed by atoms with Crippen molar-refractivity contribution in [2.24, 2.45) is 0 Å². The number of nitrogens with one attached hydrogen (secondary N) is 1. The molecule has 3 nitrogen and oxygen atoms in total. The normalized spacial score (nSPS) is 10.4. The van der Waals surface area contributed by atoms with Crippen molar-refractivity contribution < 1.29 is 4.42 Å². The van der Waals surface area contributed by atoms with Gasteiger partial charge in [-0.1, -0.05) is 60.7 Å². The third-order valence-electron chi connectivity index (χ3n) is 3.60. The molecular formula is C19H17NO2. The van der Waals surface area contributed by atoms with Gasteiger partial charge in [-0.25, -0.2) is 4.79 Å². The fourth-order valence-corrected chi connectivity index (χ4v) is 2.45. The summed E-state index contributed by atoms with van der Waals surface area (Å²) in [5.74, 6) is 0.576. The Morgan fingerprint density at radius 1 is 0.955 bits per heavy atom. The van der Waals surface area contributed by atoms with E-state index in [1.54, 1.807) is 0 Å². The zero-order valence-corrected chi connectivity index (χ0v) is 12.4.